The Hall–Kier alpha value is -2.82. The summed E-state index contributed by atoms with van der Waals surface area (Å²) in [6, 6.07) is 26.5. The topological polar surface area (TPSA) is 58.2 Å². The lowest BCUT2D eigenvalue weighted by atomic mass is 9.83. The Kier molecular flexibility index (Phi) is 8.51. The zero-order chi connectivity index (χ0) is 22.1. The van der Waals surface area contributed by atoms with E-state index in [-0.39, 0.29) is 23.7 Å². The Bertz CT molecular complexity index is 984. The van der Waals surface area contributed by atoms with Crippen LogP contribution in [0.5, 0.6) is 0 Å². The number of hydrogen-bond acceptors (Lipinski definition) is 2. The van der Waals surface area contributed by atoms with Crippen LogP contribution in [0.4, 0.5) is 5.69 Å². The zero-order valence-corrected chi connectivity index (χ0v) is 18.4. The molecule has 2 atom stereocenters. The number of hydrogen-bond donors (Lipinski definition) is 2. The maximum Gasteiger partial charge on any atom is 0.228 e. The second kappa shape index (κ2) is 11.5. The standard InChI is InChI=1S/C19H18Cl2N2O2.C6H6/c20-13-4-1-3-12(9-13)17-11-22-18(24)8-7-16(17)19(25)23-15-6-2-5-14(21)10-15;1-2-4-6-5-3-1/h1-6,9-10,16-17H,7-8,11H2,(H,22,24)(H,23,25);1-6H/t16?,17-;/m0./s1. The van der Waals surface area contributed by atoms with Gasteiger partial charge in [-0.1, -0.05) is 77.8 Å². The van der Waals surface area contributed by atoms with Gasteiger partial charge in [0.15, 0.2) is 0 Å². The quantitative estimate of drug-likeness (QED) is 0.515. The van der Waals surface area contributed by atoms with Crippen molar-refractivity contribution in [2.75, 3.05) is 11.9 Å². The third-order valence-electron chi connectivity index (χ3n) is 5.06. The summed E-state index contributed by atoms with van der Waals surface area (Å²) in [5.74, 6) is -0.630. The molecule has 1 aliphatic heterocycles. The largest absolute Gasteiger partial charge is 0.355 e. The molecule has 2 N–H and O–H groups in total. The molecule has 0 spiro atoms. The van der Waals surface area contributed by atoms with Gasteiger partial charge in [-0.05, 0) is 42.3 Å². The lowest BCUT2D eigenvalue weighted by Gasteiger charge is -2.24. The third kappa shape index (κ3) is 7.12. The number of rotatable bonds is 3. The molecule has 1 heterocycles. The zero-order valence-electron chi connectivity index (χ0n) is 16.9. The summed E-state index contributed by atoms with van der Waals surface area (Å²) in [7, 11) is 0. The fourth-order valence-corrected chi connectivity index (χ4v) is 3.92. The molecule has 3 aromatic carbocycles. The van der Waals surface area contributed by atoms with Crippen LogP contribution in [-0.2, 0) is 9.59 Å². The molecule has 160 valence electrons. The number of halogens is 2. The van der Waals surface area contributed by atoms with Crippen LogP contribution in [0, 0.1) is 5.92 Å². The molecule has 0 bridgehead atoms. The minimum atomic E-state index is -0.337. The molecule has 0 aliphatic carbocycles. The molecule has 2 amide bonds. The van der Waals surface area contributed by atoms with Crippen LogP contribution in [0.2, 0.25) is 10.0 Å². The van der Waals surface area contributed by atoms with Gasteiger partial charge >= 0.3 is 0 Å². The van der Waals surface area contributed by atoms with Crippen molar-refractivity contribution in [2.45, 2.75) is 18.8 Å². The number of carbonyl (C=O) groups excluding carboxylic acids is 2. The molecule has 0 aromatic heterocycles. The van der Waals surface area contributed by atoms with Gasteiger partial charge in [0.2, 0.25) is 11.8 Å². The lowest BCUT2D eigenvalue weighted by molar-refractivity contribution is -0.121. The monoisotopic (exact) mass is 454 g/mol. The first kappa shape index (κ1) is 22.9. The number of carbonyl (C=O) groups is 2. The first-order chi connectivity index (χ1) is 15.0. The highest BCUT2D eigenvalue weighted by Crippen LogP contribution is 2.32. The average Bonchev–Trinajstić information content (AvgIpc) is 2.97. The summed E-state index contributed by atoms with van der Waals surface area (Å²) in [5, 5.41) is 6.97. The van der Waals surface area contributed by atoms with Gasteiger partial charge in [0.1, 0.15) is 0 Å². The van der Waals surface area contributed by atoms with Gasteiger partial charge in [0.25, 0.3) is 0 Å². The van der Waals surface area contributed by atoms with Crippen LogP contribution >= 0.6 is 23.2 Å². The Morgan fingerprint density at radius 2 is 1.48 bits per heavy atom. The summed E-state index contributed by atoms with van der Waals surface area (Å²) in [5.41, 5.74) is 1.59. The van der Waals surface area contributed by atoms with Gasteiger partial charge in [0.05, 0.1) is 0 Å². The summed E-state index contributed by atoms with van der Waals surface area (Å²) in [4.78, 5) is 24.7. The molecule has 31 heavy (non-hydrogen) atoms. The second-order valence-electron chi connectivity index (χ2n) is 7.27. The summed E-state index contributed by atoms with van der Waals surface area (Å²) >= 11 is 12.1. The van der Waals surface area contributed by atoms with Crippen LogP contribution in [0.1, 0.15) is 24.3 Å². The number of benzene rings is 3. The van der Waals surface area contributed by atoms with Crippen molar-refractivity contribution < 1.29 is 9.59 Å². The van der Waals surface area contributed by atoms with Gasteiger partial charge in [0, 0.05) is 40.5 Å². The molecule has 1 saturated heterocycles. The van der Waals surface area contributed by atoms with E-state index in [0.29, 0.717) is 35.1 Å². The summed E-state index contributed by atoms with van der Waals surface area (Å²) < 4.78 is 0. The predicted octanol–water partition coefficient (Wildman–Crippen LogP) is 5.93. The van der Waals surface area contributed by atoms with Crippen molar-refractivity contribution in [2.24, 2.45) is 5.92 Å². The van der Waals surface area contributed by atoms with E-state index in [2.05, 4.69) is 10.6 Å². The van der Waals surface area contributed by atoms with Gasteiger partial charge in [-0.15, -0.1) is 0 Å². The average molecular weight is 455 g/mol. The number of amides is 2. The molecule has 1 fully saturated rings. The van der Waals surface area contributed by atoms with E-state index in [1.165, 1.54) is 0 Å². The lowest BCUT2D eigenvalue weighted by Crippen LogP contribution is -2.32. The first-order valence-corrected chi connectivity index (χ1v) is 10.9. The van der Waals surface area contributed by atoms with Gasteiger partial charge in [-0.2, -0.15) is 0 Å². The first-order valence-electron chi connectivity index (χ1n) is 10.1. The van der Waals surface area contributed by atoms with E-state index in [9.17, 15) is 9.59 Å². The predicted molar refractivity (Wildman–Crippen MR) is 126 cm³/mol. The van der Waals surface area contributed by atoms with Crippen molar-refractivity contribution in [3.8, 4) is 0 Å². The molecule has 4 rings (SSSR count). The number of nitrogens with one attached hydrogen (secondary N) is 2. The fraction of sp³-hybridized carbons (Fsp3) is 0.200. The summed E-state index contributed by atoms with van der Waals surface area (Å²) in [6.07, 6.45) is 0.806. The number of anilines is 1. The van der Waals surface area contributed by atoms with Crippen LogP contribution in [0.15, 0.2) is 84.9 Å². The van der Waals surface area contributed by atoms with E-state index in [1.54, 1.807) is 30.3 Å². The SMILES string of the molecule is O=C1CCC(C(=O)Nc2cccc(Cl)c2)[C@H](c2cccc(Cl)c2)CN1.c1ccccc1. The normalized spacial score (nSPS) is 18.1. The molecule has 0 saturated carbocycles. The molecule has 4 nitrogen and oxygen atoms in total. The Morgan fingerprint density at radius 3 is 2.10 bits per heavy atom. The minimum absolute atomic E-state index is 0.0370. The van der Waals surface area contributed by atoms with Crippen molar-refractivity contribution >= 4 is 40.7 Å². The third-order valence-corrected chi connectivity index (χ3v) is 5.53. The van der Waals surface area contributed by atoms with Gasteiger partial charge in [-0.3, -0.25) is 9.59 Å². The molecular weight excluding hydrogens is 431 g/mol. The van der Waals surface area contributed by atoms with Crippen molar-refractivity contribution in [1.29, 1.82) is 0 Å². The van der Waals surface area contributed by atoms with Crippen molar-refractivity contribution in [3.05, 3.63) is 101 Å². The van der Waals surface area contributed by atoms with E-state index in [1.807, 2.05) is 54.6 Å². The van der Waals surface area contributed by atoms with Crippen LogP contribution in [0.25, 0.3) is 0 Å². The highest BCUT2D eigenvalue weighted by molar-refractivity contribution is 6.31. The van der Waals surface area contributed by atoms with E-state index in [4.69, 9.17) is 23.2 Å². The highest BCUT2D eigenvalue weighted by atomic mass is 35.5. The molecule has 3 aromatic rings. The summed E-state index contributed by atoms with van der Waals surface area (Å²) in [6.45, 7) is 0.410. The van der Waals surface area contributed by atoms with Crippen LogP contribution in [-0.4, -0.2) is 18.4 Å². The Balaban J connectivity index is 0.000000391. The van der Waals surface area contributed by atoms with Gasteiger partial charge < -0.3 is 10.6 Å². The molecule has 0 radical (unpaired) electrons. The minimum Gasteiger partial charge on any atom is -0.355 e. The second-order valence-corrected chi connectivity index (χ2v) is 8.14. The van der Waals surface area contributed by atoms with Crippen molar-refractivity contribution in [1.82, 2.24) is 5.32 Å². The Morgan fingerprint density at radius 1 is 0.871 bits per heavy atom. The van der Waals surface area contributed by atoms with Crippen molar-refractivity contribution in [3.63, 3.8) is 0 Å². The van der Waals surface area contributed by atoms with Crippen LogP contribution in [0.3, 0.4) is 0 Å². The maximum atomic E-state index is 12.9. The van der Waals surface area contributed by atoms with E-state index in [0.717, 1.165) is 5.56 Å². The van der Waals surface area contributed by atoms with E-state index >= 15 is 0 Å². The molecule has 1 unspecified atom stereocenters. The smallest absolute Gasteiger partial charge is 0.228 e. The molecule has 1 aliphatic rings. The molecule has 6 heteroatoms. The van der Waals surface area contributed by atoms with E-state index < -0.39 is 0 Å². The fourth-order valence-electron chi connectivity index (χ4n) is 3.53. The van der Waals surface area contributed by atoms with Crippen LogP contribution < -0.4 is 10.6 Å². The Labute approximate surface area is 192 Å². The molecular formula is C25H24Cl2N2O2. The maximum absolute atomic E-state index is 12.9. The highest BCUT2D eigenvalue weighted by Gasteiger charge is 2.33. The van der Waals surface area contributed by atoms with Gasteiger partial charge in [-0.25, -0.2) is 0 Å².